The highest BCUT2D eigenvalue weighted by Crippen LogP contribution is 2.35. The average molecular weight is 507 g/mol. The number of hydrogen-bond donors (Lipinski definition) is 2. The number of halogens is 3. The fourth-order valence-electron chi connectivity index (χ4n) is 3.08. The maximum Gasteiger partial charge on any atom is 0.342 e. The Bertz CT molecular complexity index is 789. The normalized spacial score (nSPS) is 19.9. The highest BCUT2D eigenvalue weighted by Gasteiger charge is 2.37. The number of nitrogens with two attached hydrogens (primary N) is 1. The summed E-state index contributed by atoms with van der Waals surface area (Å²) < 4.78 is 31.5. The number of urea groups is 1. The van der Waals surface area contributed by atoms with Crippen LogP contribution in [0.15, 0.2) is 35.2 Å². The molecule has 154 valence electrons. The van der Waals surface area contributed by atoms with Gasteiger partial charge >= 0.3 is 12.0 Å². The summed E-state index contributed by atoms with van der Waals surface area (Å²) in [5.74, 6) is -1.91. The molecule has 1 heterocycles. The Labute approximate surface area is 179 Å². The fraction of sp³-hybridized carbons (Fsp3) is 0.421. The molecule has 1 aromatic carbocycles. The quantitative estimate of drug-likeness (QED) is 0.371. The predicted octanol–water partition coefficient (Wildman–Crippen LogP) is 3.73. The molecule has 1 aliphatic heterocycles. The first kappa shape index (κ1) is 24.1. The standard InChI is InChI=1S/C17H17F2N3O3.C2H6.HI/c1-25-16(23)10-6-13(7-10)21-17(24)22-14(2-3-15(22)20)9-4-11(18)8-12(19)5-9;1-2;/h4-5,8,14-15H,2-3,6,20H2,1H3,(H,21,24);1-2H3;1H/t14-,15?;;/m0../s1. The number of rotatable bonds is 3. The monoisotopic (exact) mass is 507 g/mol. The van der Waals surface area contributed by atoms with Crippen molar-refractivity contribution in [2.24, 2.45) is 5.73 Å². The molecule has 28 heavy (non-hydrogen) atoms. The van der Waals surface area contributed by atoms with E-state index in [0.717, 1.165) is 6.07 Å². The second kappa shape index (κ2) is 10.5. The van der Waals surface area contributed by atoms with E-state index in [1.807, 2.05) is 13.8 Å². The third kappa shape index (κ3) is 5.30. The molecule has 1 aliphatic carbocycles. The molecule has 2 atom stereocenters. The molecule has 3 N–H and O–H groups in total. The highest BCUT2D eigenvalue weighted by molar-refractivity contribution is 14.0. The number of likely N-dealkylation sites (tertiary alicyclic amines) is 1. The van der Waals surface area contributed by atoms with E-state index in [1.54, 1.807) is 0 Å². The van der Waals surface area contributed by atoms with E-state index in [2.05, 4.69) is 15.8 Å². The van der Waals surface area contributed by atoms with Gasteiger partial charge in [0.1, 0.15) is 11.6 Å². The number of carbonyl (C=O) groups is 2. The maximum atomic E-state index is 13.5. The van der Waals surface area contributed by atoms with E-state index in [0.29, 0.717) is 29.7 Å². The van der Waals surface area contributed by atoms with Crippen LogP contribution in [0.5, 0.6) is 0 Å². The Morgan fingerprint density at radius 1 is 1.21 bits per heavy atom. The summed E-state index contributed by atoms with van der Waals surface area (Å²) in [6.45, 7) is 4.00. The van der Waals surface area contributed by atoms with E-state index in [-0.39, 0.29) is 30.4 Å². The lowest BCUT2D eigenvalue weighted by Crippen LogP contribution is -2.47. The van der Waals surface area contributed by atoms with Crippen molar-refractivity contribution in [2.75, 3.05) is 7.11 Å². The molecule has 1 fully saturated rings. The van der Waals surface area contributed by atoms with Gasteiger partial charge in [0.25, 0.3) is 0 Å². The SMILES string of the molecule is CC.COC(=O)C1=C=C(NC(=O)N2C(N)CC[C@H]2c2cc(F)cc(F)c2)C1.I. The second-order valence-corrected chi connectivity index (χ2v) is 5.95. The molecule has 3 rings (SSSR count). The van der Waals surface area contributed by atoms with E-state index in [4.69, 9.17) is 5.73 Å². The van der Waals surface area contributed by atoms with Crippen LogP contribution in [-0.2, 0) is 9.53 Å². The molecule has 2 aliphatic rings. The number of nitrogens with zero attached hydrogens (tertiary/aromatic N) is 1. The van der Waals surface area contributed by atoms with Crippen LogP contribution in [0.3, 0.4) is 0 Å². The molecule has 1 unspecified atom stereocenters. The van der Waals surface area contributed by atoms with Gasteiger partial charge in [-0.1, -0.05) is 19.6 Å². The summed E-state index contributed by atoms with van der Waals surface area (Å²) in [6, 6.07) is 2.16. The topological polar surface area (TPSA) is 84.7 Å². The first-order valence-corrected chi connectivity index (χ1v) is 8.77. The molecule has 1 saturated heterocycles. The van der Waals surface area contributed by atoms with Crippen molar-refractivity contribution in [1.82, 2.24) is 10.2 Å². The van der Waals surface area contributed by atoms with E-state index in [9.17, 15) is 18.4 Å². The first-order valence-electron chi connectivity index (χ1n) is 8.77. The Hall–Kier alpha value is -1.97. The molecule has 0 radical (unpaired) electrons. The summed E-state index contributed by atoms with van der Waals surface area (Å²) in [6.07, 6.45) is 0.681. The first-order chi connectivity index (χ1) is 12.9. The van der Waals surface area contributed by atoms with Crippen molar-refractivity contribution in [2.45, 2.75) is 45.3 Å². The van der Waals surface area contributed by atoms with Crippen molar-refractivity contribution in [3.8, 4) is 0 Å². The largest absolute Gasteiger partial charge is 0.465 e. The zero-order valence-electron chi connectivity index (χ0n) is 15.9. The van der Waals surface area contributed by atoms with Crippen LogP contribution in [0.4, 0.5) is 13.6 Å². The number of methoxy groups -OCH3 is 1. The summed E-state index contributed by atoms with van der Waals surface area (Å²) in [5.41, 5.74) is 9.83. The highest BCUT2D eigenvalue weighted by atomic mass is 127. The lowest BCUT2D eigenvalue weighted by atomic mass is 10.0. The lowest BCUT2D eigenvalue weighted by Gasteiger charge is -2.29. The number of esters is 1. The van der Waals surface area contributed by atoms with Crippen LogP contribution in [0, 0.1) is 11.6 Å². The molecule has 0 saturated carbocycles. The third-order valence-corrected chi connectivity index (χ3v) is 4.28. The van der Waals surface area contributed by atoms with Crippen LogP contribution < -0.4 is 11.1 Å². The summed E-state index contributed by atoms with van der Waals surface area (Å²) in [4.78, 5) is 25.2. The van der Waals surface area contributed by atoms with Gasteiger partial charge in [-0.3, -0.25) is 0 Å². The zero-order valence-corrected chi connectivity index (χ0v) is 18.3. The van der Waals surface area contributed by atoms with E-state index >= 15 is 0 Å². The van der Waals surface area contributed by atoms with Gasteiger partial charge in [-0.25, -0.2) is 18.4 Å². The molecule has 2 amide bonds. The molecule has 1 aromatic rings. The molecule has 9 heteroatoms. The van der Waals surface area contributed by atoms with Gasteiger partial charge in [-0.2, -0.15) is 0 Å². The molecular weight excluding hydrogens is 483 g/mol. The lowest BCUT2D eigenvalue weighted by molar-refractivity contribution is -0.136. The summed E-state index contributed by atoms with van der Waals surface area (Å²) in [5, 5.41) is 2.62. The van der Waals surface area contributed by atoms with E-state index < -0.39 is 35.8 Å². The van der Waals surface area contributed by atoms with Gasteiger partial charge in [0, 0.05) is 12.5 Å². The number of ether oxygens (including phenoxy) is 1. The van der Waals surface area contributed by atoms with Gasteiger partial charge in [-0.05, 0) is 30.5 Å². The molecular formula is C19H24F2IN3O3. The van der Waals surface area contributed by atoms with Crippen molar-refractivity contribution in [3.05, 3.63) is 52.4 Å². The zero-order chi connectivity index (χ0) is 20.1. The van der Waals surface area contributed by atoms with Crippen LogP contribution in [0.25, 0.3) is 0 Å². The minimum Gasteiger partial charge on any atom is -0.465 e. The number of benzene rings is 1. The average Bonchev–Trinajstić information content (AvgIpc) is 2.99. The van der Waals surface area contributed by atoms with Crippen molar-refractivity contribution < 1.29 is 23.1 Å². The molecule has 0 aromatic heterocycles. The summed E-state index contributed by atoms with van der Waals surface area (Å²) >= 11 is 0. The van der Waals surface area contributed by atoms with Crippen LogP contribution >= 0.6 is 24.0 Å². The van der Waals surface area contributed by atoms with Crippen LogP contribution in [0.2, 0.25) is 0 Å². The van der Waals surface area contributed by atoms with Gasteiger partial charge in [0.05, 0.1) is 30.6 Å². The van der Waals surface area contributed by atoms with Gasteiger partial charge < -0.3 is 20.7 Å². The minimum atomic E-state index is -0.705. The van der Waals surface area contributed by atoms with Crippen LogP contribution in [0.1, 0.15) is 44.7 Å². The number of hydrogen-bond acceptors (Lipinski definition) is 4. The molecule has 0 spiro atoms. The van der Waals surface area contributed by atoms with Crippen molar-refractivity contribution in [3.63, 3.8) is 0 Å². The minimum absolute atomic E-state index is 0. The number of carbonyl (C=O) groups excluding carboxylic acids is 2. The maximum absolute atomic E-state index is 13.5. The Morgan fingerprint density at radius 2 is 1.79 bits per heavy atom. The Kier molecular flexibility index (Phi) is 9.06. The van der Waals surface area contributed by atoms with Crippen molar-refractivity contribution in [1.29, 1.82) is 0 Å². The van der Waals surface area contributed by atoms with Gasteiger partial charge in [0.2, 0.25) is 0 Å². The Morgan fingerprint density at radius 3 is 2.32 bits per heavy atom. The molecule has 0 bridgehead atoms. The number of amides is 2. The number of nitrogens with one attached hydrogen (secondary N) is 1. The van der Waals surface area contributed by atoms with Gasteiger partial charge in [-0.15, -0.1) is 24.0 Å². The fourth-order valence-corrected chi connectivity index (χ4v) is 3.08. The molecule has 6 nitrogen and oxygen atoms in total. The second-order valence-electron chi connectivity index (χ2n) is 5.95. The van der Waals surface area contributed by atoms with Gasteiger partial charge in [0.15, 0.2) is 0 Å². The summed E-state index contributed by atoms with van der Waals surface area (Å²) in [7, 11) is 1.26. The van der Waals surface area contributed by atoms with Crippen LogP contribution in [-0.4, -0.2) is 30.2 Å². The smallest absolute Gasteiger partial charge is 0.342 e. The Balaban J connectivity index is 0.00000127. The third-order valence-electron chi connectivity index (χ3n) is 4.28. The van der Waals surface area contributed by atoms with E-state index in [1.165, 1.54) is 24.1 Å². The van der Waals surface area contributed by atoms with Crippen molar-refractivity contribution >= 4 is 36.0 Å². The predicted molar refractivity (Wildman–Crippen MR) is 111 cm³/mol.